The fourth-order valence-electron chi connectivity index (χ4n) is 3.21. The van der Waals surface area contributed by atoms with Gasteiger partial charge in [0.15, 0.2) is 17.2 Å². The van der Waals surface area contributed by atoms with Gasteiger partial charge in [0.05, 0.1) is 5.39 Å². The van der Waals surface area contributed by atoms with Gasteiger partial charge in [-0.05, 0) is 24.3 Å². The molecule has 1 N–H and O–H groups in total. The number of hydrogen-bond donors (Lipinski definition) is 1. The summed E-state index contributed by atoms with van der Waals surface area (Å²) in [5, 5.41) is 8.45. The lowest BCUT2D eigenvalue weighted by atomic mass is 10.2. The molecule has 9 nitrogen and oxygen atoms in total. The van der Waals surface area contributed by atoms with Gasteiger partial charge in [0, 0.05) is 55.7 Å². The van der Waals surface area contributed by atoms with Gasteiger partial charge in [-0.2, -0.15) is 9.36 Å². The Labute approximate surface area is 170 Å². The highest BCUT2D eigenvalue weighted by molar-refractivity contribution is 7.09. The molecule has 0 saturated carbocycles. The third-order valence-electron chi connectivity index (χ3n) is 4.78. The molecule has 0 radical (unpaired) electrons. The van der Waals surface area contributed by atoms with Crippen molar-refractivity contribution in [2.75, 3.05) is 36.4 Å². The van der Waals surface area contributed by atoms with E-state index in [-0.39, 0.29) is 6.03 Å². The highest BCUT2D eigenvalue weighted by Crippen LogP contribution is 2.25. The monoisotopic (exact) mass is 407 g/mol. The molecule has 1 fully saturated rings. The van der Waals surface area contributed by atoms with E-state index in [0.717, 1.165) is 16.1 Å². The molecule has 4 heterocycles. The molecule has 1 aliphatic rings. The van der Waals surface area contributed by atoms with Gasteiger partial charge >= 0.3 is 6.03 Å². The third-order valence-corrected chi connectivity index (χ3v) is 5.55. The summed E-state index contributed by atoms with van der Waals surface area (Å²) >= 11 is 1.36. The SMILES string of the molecule is O=C(Nc1noc2ccccc12)N1CCN(c2nc(-c3cccnc3)ns2)CC1. The summed E-state index contributed by atoms with van der Waals surface area (Å²) in [6.07, 6.45) is 3.48. The summed E-state index contributed by atoms with van der Waals surface area (Å²) in [4.78, 5) is 25.3. The lowest BCUT2D eigenvalue weighted by molar-refractivity contribution is 0.208. The van der Waals surface area contributed by atoms with Gasteiger partial charge in [-0.3, -0.25) is 10.3 Å². The van der Waals surface area contributed by atoms with E-state index in [2.05, 4.69) is 29.7 Å². The first-order valence-electron chi connectivity index (χ1n) is 9.17. The number of urea groups is 1. The van der Waals surface area contributed by atoms with Crippen molar-refractivity contribution in [3.63, 3.8) is 0 Å². The van der Waals surface area contributed by atoms with Gasteiger partial charge in [0.2, 0.25) is 5.13 Å². The molecule has 146 valence electrons. The highest BCUT2D eigenvalue weighted by atomic mass is 32.1. The molecule has 0 aliphatic carbocycles. The van der Waals surface area contributed by atoms with Crippen molar-refractivity contribution >= 4 is 39.5 Å². The molecule has 1 saturated heterocycles. The van der Waals surface area contributed by atoms with E-state index < -0.39 is 0 Å². The maximum atomic E-state index is 12.6. The number of amides is 2. The molecule has 1 aromatic carbocycles. The zero-order valence-corrected chi connectivity index (χ0v) is 16.2. The van der Waals surface area contributed by atoms with E-state index in [0.29, 0.717) is 43.4 Å². The average molecular weight is 407 g/mol. The number of fused-ring (bicyclic) bond motifs is 1. The molecule has 1 aliphatic heterocycles. The average Bonchev–Trinajstić information content (AvgIpc) is 3.43. The number of carbonyl (C=O) groups excluding carboxylic acids is 1. The van der Waals surface area contributed by atoms with E-state index in [9.17, 15) is 4.79 Å². The maximum Gasteiger partial charge on any atom is 0.323 e. The van der Waals surface area contributed by atoms with Crippen LogP contribution in [-0.4, -0.2) is 56.6 Å². The Balaban J connectivity index is 1.21. The summed E-state index contributed by atoms with van der Waals surface area (Å²) in [5.41, 5.74) is 1.54. The number of pyridine rings is 1. The van der Waals surface area contributed by atoms with Gasteiger partial charge in [-0.25, -0.2) is 4.79 Å². The molecule has 0 spiro atoms. The van der Waals surface area contributed by atoms with Crippen LogP contribution >= 0.6 is 11.5 Å². The molecule has 0 unspecified atom stereocenters. The van der Waals surface area contributed by atoms with E-state index in [1.807, 2.05) is 36.4 Å². The van der Waals surface area contributed by atoms with Crippen LogP contribution < -0.4 is 10.2 Å². The number of piperazine rings is 1. The first-order valence-corrected chi connectivity index (χ1v) is 9.95. The minimum absolute atomic E-state index is 0.183. The molecule has 0 atom stereocenters. The Morgan fingerprint density at radius 2 is 1.97 bits per heavy atom. The first-order chi connectivity index (χ1) is 14.3. The van der Waals surface area contributed by atoms with Crippen molar-refractivity contribution in [1.29, 1.82) is 0 Å². The molecule has 10 heteroatoms. The summed E-state index contributed by atoms with van der Waals surface area (Å²) < 4.78 is 9.67. The van der Waals surface area contributed by atoms with Crippen LogP contribution in [0.5, 0.6) is 0 Å². The van der Waals surface area contributed by atoms with Crippen LogP contribution in [0.2, 0.25) is 0 Å². The minimum atomic E-state index is -0.183. The van der Waals surface area contributed by atoms with E-state index in [4.69, 9.17) is 4.52 Å². The Morgan fingerprint density at radius 1 is 1.10 bits per heavy atom. The van der Waals surface area contributed by atoms with Gasteiger partial charge in [0.25, 0.3) is 0 Å². The summed E-state index contributed by atoms with van der Waals surface area (Å²) in [5.74, 6) is 1.12. The van der Waals surface area contributed by atoms with E-state index in [1.165, 1.54) is 11.5 Å². The number of para-hydroxylation sites is 1. The van der Waals surface area contributed by atoms with Crippen molar-refractivity contribution in [3.05, 3.63) is 48.8 Å². The summed E-state index contributed by atoms with van der Waals surface area (Å²) in [6, 6.07) is 11.1. The van der Waals surface area contributed by atoms with E-state index in [1.54, 1.807) is 17.3 Å². The molecule has 5 rings (SSSR count). The van der Waals surface area contributed by atoms with Crippen molar-refractivity contribution in [1.82, 2.24) is 24.4 Å². The zero-order valence-electron chi connectivity index (χ0n) is 15.4. The predicted octanol–water partition coefficient (Wildman–Crippen LogP) is 3.10. The Morgan fingerprint density at radius 3 is 2.79 bits per heavy atom. The lowest BCUT2D eigenvalue weighted by Gasteiger charge is -2.34. The quantitative estimate of drug-likeness (QED) is 0.557. The van der Waals surface area contributed by atoms with Crippen LogP contribution in [0.25, 0.3) is 22.4 Å². The highest BCUT2D eigenvalue weighted by Gasteiger charge is 2.24. The van der Waals surface area contributed by atoms with Gasteiger partial charge in [-0.1, -0.05) is 17.3 Å². The van der Waals surface area contributed by atoms with Crippen LogP contribution in [0.4, 0.5) is 15.7 Å². The molecule has 29 heavy (non-hydrogen) atoms. The van der Waals surface area contributed by atoms with Gasteiger partial charge < -0.3 is 14.3 Å². The fraction of sp³-hybridized carbons (Fsp3) is 0.211. The van der Waals surface area contributed by atoms with Crippen molar-refractivity contribution in [3.8, 4) is 11.4 Å². The number of benzene rings is 1. The van der Waals surface area contributed by atoms with Crippen molar-refractivity contribution in [2.45, 2.75) is 0 Å². The van der Waals surface area contributed by atoms with Crippen molar-refractivity contribution in [2.24, 2.45) is 0 Å². The maximum absolute atomic E-state index is 12.6. The number of nitrogens with one attached hydrogen (secondary N) is 1. The molecule has 2 amide bonds. The third kappa shape index (κ3) is 3.49. The smallest absolute Gasteiger partial charge is 0.323 e. The molecule has 4 aromatic rings. The number of anilines is 2. The normalized spacial score (nSPS) is 14.3. The number of nitrogens with zero attached hydrogens (tertiary/aromatic N) is 6. The Hall–Kier alpha value is -3.53. The van der Waals surface area contributed by atoms with Crippen LogP contribution in [0.1, 0.15) is 0 Å². The standard InChI is InChI=1S/C19H17N7O2S/c27-18(21-17-14-5-1-2-6-15(14)28-23-17)25-8-10-26(11-9-25)19-22-16(24-29-19)13-4-3-7-20-12-13/h1-7,12H,8-11H2,(H,21,23,27). The lowest BCUT2D eigenvalue weighted by Crippen LogP contribution is -2.50. The Kier molecular flexibility index (Phi) is 4.53. The first kappa shape index (κ1) is 17.6. The predicted molar refractivity (Wildman–Crippen MR) is 110 cm³/mol. The number of aromatic nitrogens is 4. The van der Waals surface area contributed by atoms with Crippen LogP contribution in [-0.2, 0) is 0 Å². The molecular formula is C19H17N7O2S. The largest absolute Gasteiger partial charge is 0.354 e. The molecule has 3 aromatic heterocycles. The zero-order chi connectivity index (χ0) is 19.6. The van der Waals surface area contributed by atoms with Crippen LogP contribution in [0.3, 0.4) is 0 Å². The molecular weight excluding hydrogens is 390 g/mol. The van der Waals surface area contributed by atoms with Crippen LogP contribution in [0, 0.1) is 0 Å². The van der Waals surface area contributed by atoms with Gasteiger partial charge in [0.1, 0.15) is 0 Å². The number of hydrogen-bond acceptors (Lipinski definition) is 8. The van der Waals surface area contributed by atoms with Gasteiger partial charge in [-0.15, -0.1) is 0 Å². The molecule has 0 bridgehead atoms. The second kappa shape index (κ2) is 7.47. The topological polar surface area (TPSA) is 100 Å². The second-order valence-electron chi connectivity index (χ2n) is 6.57. The summed E-state index contributed by atoms with van der Waals surface area (Å²) in [7, 11) is 0. The summed E-state index contributed by atoms with van der Waals surface area (Å²) in [6.45, 7) is 2.55. The van der Waals surface area contributed by atoms with Crippen molar-refractivity contribution < 1.29 is 9.32 Å². The minimum Gasteiger partial charge on any atom is -0.354 e. The Bertz CT molecular complexity index is 1140. The number of rotatable bonds is 3. The van der Waals surface area contributed by atoms with Crippen LogP contribution in [0.15, 0.2) is 53.3 Å². The fourth-order valence-corrected chi connectivity index (χ4v) is 3.95. The van der Waals surface area contributed by atoms with E-state index >= 15 is 0 Å². The number of carbonyl (C=O) groups is 1. The second-order valence-corrected chi connectivity index (χ2v) is 7.30.